The third-order valence-electron chi connectivity index (χ3n) is 5.29. The van der Waals surface area contributed by atoms with E-state index >= 15 is 0 Å². The van der Waals surface area contributed by atoms with Crippen LogP contribution in [0.4, 0.5) is 0 Å². The Kier molecular flexibility index (Phi) is 4.46. The molecule has 4 atom stereocenters. The van der Waals surface area contributed by atoms with E-state index in [1.54, 1.807) is 0 Å². The van der Waals surface area contributed by atoms with E-state index in [1.165, 1.54) is 11.1 Å². The molecule has 2 saturated heterocycles. The number of thiocarbonyl (C=S) groups is 1. The molecule has 2 aliphatic rings. The molecule has 130 valence electrons. The Morgan fingerprint density at radius 2 is 1.68 bits per heavy atom. The molecule has 25 heavy (non-hydrogen) atoms. The Balaban J connectivity index is 1.75. The lowest BCUT2D eigenvalue weighted by molar-refractivity contribution is -0.136. The minimum Gasteiger partial charge on any atom is -0.365 e. The number of benzene rings is 2. The zero-order valence-corrected chi connectivity index (χ0v) is 15.1. The van der Waals surface area contributed by atoms with E-state index in [9.17, 15) is 0 Å². The van der Waals surface area contributed by atoms with E-state index in [0.717, 1.165) is 12.8 Å². The fourth-order valence-electron chi connectivity index (χ4n) is 4.12. The van der Waals surface area contributed by atoms with Gasteiger partial charge in [0.05, 0.1) is 12.2 Å². The van der Waals surface area contributed by atoms with Gasteiger partial charge >= 0.3 is 0 Å². The maximum atomic E-state index is 6.63. The quantitative estimate of drug-likeness (QED) is 0.736. The third kappa shape index (κ3) is 3.03. The van der Waals surface area contributed by atoms with Gasteiger partial charge in [-0.25, -0.2) is 5.43 Å². The molecule has 4 unspecified atom stereocenters. The van der Waals surface area contributed by atoms with Crippen LogP contribution in [0.5, 0.6) is 0 Å². The smallest absolute Gasteiger partial charge is 0.182 e. The van der Waals surface area contributed by atoms with Gasteiger partial charge in [0.2, 0.25) is 0 Å². The summed E-state index contributed by atoms with van der Waals surface area (Å²) in [6, 6.07) is 20.9. The van der Waals surface area contributed by atoms with Crippen LogP contribution in [0.15, 0.2) is 60.7 Å². The van der Waals surface area contributed by atoms with Crippen molar-refractivity contribution >= 4 is 17.3 Å². The molecule has 0 aliphatic carbocycles. The maximum Gasteiger partial charge on any atom is 0.182 e. The summed E-state index contributed by atoms with van der Waals surface area (Å²) in [4.78, 5) is 0. The number of hydrogen-bond donors (Lipinski definition) is 3. The van der Waals surface area contributed by atoms with Crippen LogP contribution in [-0.2, 0) is 4.74 Å². The first-order chi connectivity index (χ1) is 12.2. The second kappa shape index (κ2) is 6.75. The molecule has 5 heteroatoms. The zero-order chi connectivity index (χ0) is 17.3. The molecule has 4 nitrogen and oxygen atoms in total. The van der Waals surface area contributed by atoms with Crippen LogP contribution in [0.25, 0.3) is 0 Å². The molecule has 2 fully saturated rings. The minimum atomic E-state index is -0.314. The van der Waals surface area contributed by atoms with Crippen LogP contribution in [0.3, 0.4) is 0 Å². The largest absolute Gasteiger partial charge is 0.365 e. The highest BCUT2D eigenvalue weighted by molar-refractivity contribution is 7.80. The molecule has 2 aromatic rings. The van der Waals surface area contributed by atoms with Crippen molar-refractivity contribution in [2.75, 3.05) is 0 Å². The van der Waals surface area contributed by atoms with Gasteiger partial charge in [-0.2, -0.15) is 0 Å². The van der Waals surface area contributed by atoms with E-state index in [-0.39, 0.29) is 23.8 Å². The highest BCUT2D eigenvalue weighted by atomic mass is 32.1. The molecule has 1 spiro atoms. The van der Waals surface area contributed by atoms with E-state index < -0.39 is 0 Å². The number of ether oxygens (including phenoxy) is 1. The number of nitrogens with one attached hydrogen (secondary N) is 3. The van der Waals surface area contributed by atoms with Crippen LogP contribution in [-0.4, -0.2) is 10.8 Å². The fraction of sp³-hybridized carbons (Fsp3) is 0.350. The van der Waals surface area contributed by atoms with Crippen LogP contribution < -0.4 is 16.2 Å². The van der Waals surface area contributed by atoms with E-state index in [4.69, 9.17) is 17.0 Å². The summed E-state index contributed by atoms with van der Waals surface area (Å²) in [7, 11) is 0. The fourth-order valence-corrected chi connectivity index (χ4v) is 4.36. The first-order valence-electron chi connectivity index (χ1n) is 8.82. The molecule has 4 rings (SSSR count). The van der Waals surface area contributed by atoms with Crippen LogP contribution in [0.1, 0.15) is 43.1 Å². The Morgan fingerprint density at radius 1 is 1.04 bits per heavy atom. The Morgan fingerprint density at radius 3 is 2.24 bits per heavy atom. The first kappa shape index (κ1) is 16.5. The maximum absolute atomic E-state index is 6.63. The molecule has 2 heterocycles. The third-order valence-corrected chi connectivity index (χ3v) is 5.50. The number of hydrazine groups is 1. The minimum absolute atomic E-state index is 0.00286. The van der Waals surface area contributed by atoms with Crippen LogP contribution >= 0.6 is 12.2 Å². The molecular formula is C20H23N3OS. The van der Waals surface area contributed by atoms with Crippen molar-refractivity contribution in [2.24, 2.45) is 5.92 Å². The van der Waals surface area contributed by atoms with E-state index in [2.05, 4.69) is 71.6 Å². The second-order valence-corrected chi connectivity index (χ2v) is 7.17. The number of rotatable bonds is 3. The van der Waals surface area contributed by atoms with Crippen molar-refractivity contribution < 1.29 is 4.74 Å². The van der Waals surface area contributed by atoms with Gasteiger partial charge in [0.1, 0.15) is 5.66 Å². The second-order valence-electron chi connectivity index (χ2n) is 6.76. The lowest BCUT2D eigenvalue weighted by atomic mass is 9.76. The van der Waals surface area contributed by atoms with Gasteiger partial charge in [-0.05, 0) is 29.8 Å². The molecule has 0 radical (unpaired) electrons. The first-order valence-corrected chi connectivity index (χ1v) is 9.23. The van der Waals surface area contributed by atoms with Crippen molar-refractivity contribution in [3.05, 3.63) is 71.8 Å². The SMILES string of the molecule is CCC1C(c2ccccc2)OC(c2ccccc2)CC12NNC(=S)N2. The Labute approximate surface area is 153 Å². The molecule has 0 saturated carbocycles. The van der Waals surface area contributed by atoms with Gasteiger partial charge in [-0.3, -0.25) is 5.43 Å². The average molecular weight is 353 g/mol. The summed E-state index contributed by atoms with van der Waals surface area (Å²) in [6.45, 7) is 2.21. The Bertz CT molecular complexity index is 739. The summed E-state index contributed by atoms with van der Waals surface area (Å²) in [5.41, 5.74) is 8.63. The van der Waals surface area contributed by atoms with Crippen molar-refractivity contribution in [1.82, 2.24) is 16.2 Å². The molecule has 2 aromatic carbocycles. The van der Waals surface area contributed by atoms with Gasteiger partial charge in [0.25, 0.3) is 0 Å². The van der Waals surface area contributed by atoms with Gasteiger partial charge in [-0.15, -0.1) is 0 Å². The standard InChI is InChI=1S/C20H23N3OS/c1-2-16-18(15-11-7-4-8-12-15)24-17(14-9-5-3-6-10-14)13-20(16)21-19(25)22-23-20/h3-12,16-18,23H,2,13H2,1H3,(H2,21,22,25). The highest BCUT2D eigenvalue weighted by Crippen LogP contribution is 2.48. The normalized spacial score (nSPS) is 31.6. The molecule has 0 aromatic heterocycles. The predicted octanol–water partition coefficient (Wildman–Crippen LogP) is 3.59. The van der Waals surface area contributed by atoms with Crippen LogP contribution in [0.2, 0.25) is 0 Å². The summed E-state index contributed by atoms with van der Waals surface area (Å²) < 4.78 is 6.63. The van der Waals surface area contributed by atoms with Crippen LogP contribution in [0, 0.1) is 5.92 Å². The van der Waals surface area contributed by atoms with Gasteiger partial charge in [-0.1, -0.05) is 67.6 Å². The van der Waals surface area contributed by atoms with Crippen molar-refractivity contribution in [2.45, 2.75) is 37.6 Å². The van der Waals surface area contributed by atoms with Gasteiger partial charge in [0.15, 0.2) is 5.11 Å². The highest BCUT2D eigenvalue weighted by Gasteiger charge is 2.52. The van der Waals surface area contributed by atoms with E-state index in [0.29, 0.717) is 5.11 Å². The topological polar surface area (TPSA) is 45.3 Å². The molecule has 3 N–H and O–H groups in total. The predicted molar refractivity (Wildman–Crippen MR) is 103 cm³/mol. The van der Waals surface area contributed by atoms with Crippen molar-refractivity contribution in [3.8, 4) is 0 Å². The monoisotopic (exact) mass is 353 g/mol. The zero-order valence-electron chi connectivity index (χ0n) is 14.2. The average Bonchev–Trinajstić information content (AvgIpc) is 3.03. The van der Waals surface area contributed by atoms with Gasteiger partial charge in [0, 0.05) is 12.3 Å². The van der Waals surface area contributed by atoms with Crippen molar-refractivity contribution in [1.29, 1.82) is 0 Å². The summed E-state index contributed by atoms with van der Waals surface area (Å²) in [6.07, 6.45) is 1.78. The van der Waals surface area contributed by atoms with E-state index in [1.807, 2.05) is 12.1 Å². The number of hydrogen-bond acceptors (Lipinski definition) is 3. The molecule has 0 amide bonds. The molecule has 2 aliphatic heterocycles. The summed E-state index contributed by atoms with van der Waals surface area (Å²) in [5.74, 6) is 0.253. The molecule has 0 bridgehead atoms. The Hall–Kier alpha value is -1.95. The van der Waals surface area contributed by atoms with Gasteiger partial charge < -0.3 is 10.1 Å². The lowest BCUT2D eigenvalue weighted by Crippen LogP contribution is -2.61. The van der Waals surface area contributed by atoms with Crippen molar-refractivity contribution in [3.63, 3.8) is 0 Å². The lowest BCUT2D eigenvalue weighted by Gasteiger charge is -2.48. The summed E-state index contributed by atoms with van der Waals surface area (Å²) >= 11 is 5.36. The summed E-state index contributed by atoms with van der Waals surface area (Å²) in [5, 5.41) is 4.15. The molecular weight excluding hydrogens is 330 g/mol.